The molecule has 0 heterocycles. The summed E-state index contributed by atoms with van der Waals surface area (Å²) in [5.74, 6) is 0. The number of rotatable bonds is 4. The summed E-state index contributed by atoms with van der Waals surface area (Å²) in [6.45, 7) is 5.33. The first-order valence-electron chi connectivity index (χ1n) is 7.84. The molecule has 0 spiro atoms. The van der Waals surface area contributed by atoms with E-state index in [2.05, 4.69) is 5.32 Å². The topological polar surface area (TPSA) is 58.6 Å². The van der Waals surface area contributed by atoms with Gasteiger partial charge in [0.15, 0.2) is 0 Å². The Labute approximate surface area is 157 Å². The molecule has 2 N–H and O–H groups in total. The number of ether oxygens (including phenoxy) is 1. The van der Waals surface area contributed by atoms with Gasteiger partial charge in [-0.25, -0.2) is 4.79 Å². The maximum Gasteiger partial charge on any atom is 0.408 e. The van der Waals surface area contributed by atoms with Crippen molar-refractivity contribution in [3.63, 3.8) is 0 Å². The highest BCUT2D eigenvalue weighted by Gasteiger charge is 2.27. The zero-order chi connectivity index (χ0) is 18.6. The van der Waals surface area contributed by atoms with Gasteiger partial charge in [-0.3, -0.25) is 0 Å². The van der Waals surface area contributed by atoms with Crippen LogP contribution in [0.25, 0.3) is 0 Å². The van der Waals surface area contributed by atoms with Gasteiger partial charge in [0, 0.05) is 10.0 Å². The molecule has 0 aromatic heterocycles. The Balaban J connectivity index is 2.31. The predicted molar refractivity (Wildman–Crippen MR) is 100.0 cm³/mol. The normalized spacial score (nSPS) is 13.8. The van der Waals surface area contributed by atoms with Gasteiger partial charge in [0.05, 0.1) is 6.04 Å². The predicted octanol–water partition coefficient (Wildman–Crippen LogP) is 5.29. The second-order valence-corrected chi connectivity index (χ2v) is 7.55. The first-order chi connectivity index (χ1) is 11.7. The molecule has 2 atom stereocenters. The van der Waals surface area contributed by atoms with Crippen LogP contribution in [0, 0.1) is 0 Å². The van der Waals surface area contributed by atoms with E-state index in [1.165, 1.54) is 0 Å². The minimum Gasteiger partial charge on any atom is -0.444 e. The number of amides is 1. The summed E-state index contributed by atoms with van der Waals surface area (Å²) >= 11 is 11.9. The van der Waals surface area contributed by atoms with Crippen molar-refractivity contribution in [3.8, 4) is 0 Å². The third kappa shape index (κ3) is 5.92. The van der Waals surface area contributed by atoms with Crippen molar-refractivity contribution in [2.45, 2.75) is 38.5 Å². The molecule has 134 valence electrons. The molecule has 1 amide bonds. The zero-order valence-electron chi connectivity index (χ0n) is 14.3. The summed E-state index contributed by atoms with van der Waals surface area (Å²) in [5, 5.41) is 14.6. The summed E-state index contributed by atoms with van der Waals surface area (Å²) in [5.41, 5.74) is 0.640. The van der Waals surface area contributed by atoms with E-state index in [0.717, 1.165) is 0 Å². The van der Waals surface area contributed by atoms with E-state index in [1.54, 1.807) is 69.3 Å². The first-order valence-corrected chi connectivity index (χ1v) is 8.60. The quantitative estimate of drug-likeness (QED) is 0.755. The molecule has 25 heavy (non-hydrogen) atoms. The Morgan fingerprint density at radius 3 is 2.24 bits per heavy atom. The fourth-order valence-corrected chi connectivity index (χ4v) is 2.66. The van der Waals surface area contributed by atoms with Crippen molar-refractivity contribution in [2.24, 2.45) is 0 Å². The van der Waals surface area contributed by atoms with Crippen molar-refractivity contribution in [1.29, 1.82) is 0 Å². The van der Waals surface area contributed by atoms with Gasteiger partial charge in [-0.1, -0.05) is 47.5 Å². The molecule has 2 aromatic rings. The van der Waals surface area contributed by atoms with Crippen molar-refractivity contribution >= 4 is 29.3 Å². The Kier molecular flexibility index (Phi) is 6.33. The Bertz CT molecular complexity index is 726. The van der Waals surface area contributed by atoms with E-state index < -0.39 is 23.8 Å². The lowest BCUT2D eigenvalue weighted by Gasteiger charge is -2.27. The molecule has 0 saturated carbocycles. The minimum absolute atomic E-state index is 0.503. The molecule has 0 aliphatic rings. The largest absolute Gasteiger partial charge is 0.444 e. The summed E-state index contributed by atoms with van der Waals surface area (Å²) in [4.78, 5) is 12.2. The number of nitrogens with one attached hydrogen (secondary N) is 1. The number of carbonyl (C=O) groups is 1. The molecule has 0 saturated heterocycles. The van der Waals surface area contributed by atoms with Crippen LogP contribution in [-0.4, -0.2) is 16.8 Å². The molecule has 4 nitrogen and oxygen atoms in total. The van der Waals surface area contributed by atoms with Crippen LogP contribution in [0.1, 0.15) is 44.0 Å². The van der Waals surface area contributed by atoms with E-state index >= 15 is 0 Å². The van der Waals surface area contributed by atoms with Gasteiger partial charge in [0.25, 0.3) is 0 Å². The molecule has 0 radical (unpaired) electrons. The lowest BCUT2D eigenvalue weighted by atomic mass is 9.96. The van der Waals surface area contributed by atoms with Crippen molar-refractivity contribution in [1.82, 2.24) is 5.32 Å². The standard InChI is InChI=1S/C19H21Cl2NO3/c1-19(2,3)25-18(24)22-16(12-7-9-14(20)10-8-12)17(23)13-5-4-6-15(21)11-13/h4-11,16-17,23H,1-3H3,(H,22,24)/t16-,17?/m0/s1. The second-order valence-electron chi connectivity index (χ2n) is 6.68. The van der Waals surface area contributed by atoms with Crippen LogP contribution >= 0.6 is 23.2 Å². The highest BCUT2D eigenvalue weighted by atomic mass is 35.5. The minimum atomic E-state index is -1.01. The lowest BCUT2D eigenvalue weighted by molar-refractivity contribution is 0.0419. The van der Waals surface area contributed by atoms with E-state index in [1.807, 2.05) is 0 Å². The third-order valence-electron chi connectivity index (χ3n) is 3.41. The molecular formula is C19H21Cl2NO3. The average molecular weight is 382 g/mol. The highest BCUT2D eigenvalue weighted by Crippen LogP contribution is 2.31. The van der Waals surface area contributed by atoms with Gasteiger partial charge in [-0.2, -0.15) is 0 Å². The van der Waals surface area contributed by atoms with Gasteiger partial charge in [0.2, 0.25) is 0 Å². The SMILES string of the molecule is CC(C)(C)OC(=O)N[C@@H](c1ccc(Cl)cc1)C(O)c1cccc(Cl)c1. The van der Waals surface area contributed by atoms with Gasteiger partial charge in [-0.15, -0.1) is 0 Å². The summed E-state index contributed by atoms with van der Waals surface area (Å²) in [7, 11) is 0. The number of alkyl carbamates (subject to hydrolysis) is 1. The fourth-order valence-electron chi connectivity index (χ4n) is 2.33. The molecule has 0 fully saturated rings. The number of carbonyl (C=O) groups excluding carboxylic acids is 1. The smallest absolute Gasteiger partial charge is 0.408 e. The van der Waals surface area contributed by atoms with Crippen molar-refractivity contribution < 1.29 is 14.6 Å². The number of benzene rings is 2. The Morgan fingerprint density at radius 1 is 1.04 bits per heavy atom. The van der Waals surface area contributed by atoms with Crippen LogP contribution in [0.5, 0.6) is 0 Å². The summed E-state index contributed by atoms with van der Waals surface area (Å²) in [6.07, 6.45) is -1.62. The van der Waals surface area contributed by atoms with E-state index in [4.69, 9.17) is 27.9 Å². The molecule has 2 rings (SSSR count). The van der Waals surface area contributed by atoms with Crippen molar-refractivity contribution in [2.75, 3.05) is 0 Å². The van der Waals surface area contributed by atoms with Crippen LogP contribution in [0.3, 0.4) is 0 Å². The van der Waals surface area contributed by atoms with E-state index in [0.29, 0.717) is 21.2 Å². The molecular weight excluding hydrogens is 361 g/mol. The maximum atomic E-state index is 12.2. The first kappa shape index (κ1) is 19.6. The second kappa shape index (κ2) is 8.09. The lowest BCUT2D eigenvalue weighted by Crippen LogP contribution is -2.37. The van der Waals surface area contributed by atoms with Gasteiger partial charge in [-0.05, 0) is 56.2 Å². The molecule has 0 aliphatic heterocycles. The highest BCUT2D eigenvalue weighted by molar-refractivity contribution is 6.30. The van der Waals surface area contributed by atoms with Gasteiger partial charge >= 0.3 is 6.09 Å². The zero-order valence-corrected chi connectivity index (χ0v) is 15.8. The van der Waals surface area contributed by atoms with Crippen LogP contribution in [0.2, 0.25) is 10.0 Å². The van der Waals surface area contributed by atoms with Gasteiger partial charge < -0.3 is 15.2 Å². The summed E-state index contributed by atoms with van der Waals surface area (Å²) in [6, 6.07) is 13.0. The fraction of sp³-hybridized carbons (Fsp3) is 0.316. The van der Waals surface area contributed by atoms with Crippen LogP contribution < -0.4 is 5.32 Å². The molecule has 1 unspecified atom stereocenters. The summed E-state index contributed by atoms with van der Waals surface area (Å²) < 4.78 is 5.31. The maximum absolute atomic E-state index is 12.2. The number of hydrogen-bond acceptors (Lipinski definition) is 3. The van der Waals surface area contributed by atoms with Gasteiger partial charge in [0.1, 0.15) is 11.7 Å². The number of hydrogen-bond donors (Lipinski definition) is 2. The Hall–Kier alpha value is -1.75. The van der Waals surface area contributed by atoms with E-state index in [9.17, 15) is 9.90 Å². The van der Waals surface area contributed by atoms with Crippen molar-refractivity contribution in [3.05, 3.63) is 69.7 Å². The molecule has 6 heteroatoms. The molecule has 2 aromatic carbocycles. The average Bonchev–Trinajstić information content (AvgIpc) is 2.51. The monoisotopic (exact) mass is 381 g/mol. The third-order valence-corrected chi connectivity index (χ3v) is 3.89. The number of halogens is 2. The van der Waals surface area contributed by atoms with Crippen LogP contribution in [0.15, 0.2) is 48.5 Å². The molecule has 0 aliphatic carbocycles. The number of aliphatic hydroxyl groups is 1. The van der Waals surface area contributed by atoms with Crippen LogP contribution in [0.4, 0.5) is 4.79 Å². The molecule has 0 bridgehead atoms. The number of aliphatic hydroxyl groups excluding tert-OH is 1. The Morgan fingerprint density at radius 2 is 1.68 bits per heavy atom. The van der Waals surface area contributed by atoms with E-state index in [-0.39, 0.29) is 0 Å². The van der Waals surface area contributed by atoms with Crippen LogP contribution in [-0.2, 0) is 4.74 Å².